The van der Waals surface area contributed by atoms with E-state index >= 15 is 0 Å². The van der Waals surface area contributed by atoms with Gasteiger partial charge in [0.25, 0.3) is 0 Å². The van der Waals surface area contributed by atoms with Crippen LogP contribution in [0.4, 0.5) is 4.39 Å². The molecule has 1 aromatic carbocycles. The van der Waals surface area contributed by atoms with Gasteiger partial charge in [-0.15, -0.1) is 0 Å². The molecule has 2 rings (SSSR count). The van der Waals surface area contributed by atoms with Gasteiger partial charge in [0.15, 0.2) is 0 Å². The van der Waals surface area contributed by atoms with Gasteiger partial charge in [-0.05, 0) is 50.0 Å². The van der Waals surface area contributed by atoms with Crippen molar-refractivity contribution in [3.8, 4) is 0 Å². The van der Waals surface area contributed by atoms with E-state index < -0.39 is 15.8 Å². The normalized spacial score (nSPS) is 17.5. The van der Waals surface area contributed by atoms with Gasteiger partial charge in [0.2, 0.25) is 10.0 Å². The summed E-state index contributed by atoms with van der Waals surface area (Å²) in [5.41, 5.74) is 0. The van der Waals surface area contributed by atoms with Gasteiger partial charge in [-0.1, -0.05) is 11.6 Å². The van der Waals surface area contributed by atoms with E-state index in [9.17, 15) is 12.8 Å². The second-order valence-corrected chi connectivity index (χ2v) is 7.88. The van der Waals surface area contributed by atoms with E-state index in [1.165, 1.54) is 6.07 Å². The summed E-state index contributed by atoms with van der Waals surface area (Å²) >= 11 is 5.64. The molecule has 1 aliphatic rings. The molecule has 8 heteroatoms. The van der Waals surface area contributed by atoms with Gasteiger partial charge in [-0.2, -0.15) is 0 Å². The van der Waals surface area contributed by atoms with Crippen molar-refractivity contribution in [1.82, 2.24) is 9.62 Å². The van der Waals surface area contributed by atoms with Gasteiger partial charge >= 0.3 is 0 Å². The smallest absolute Gasteiger partial charge is 0.240 e. The Hall–Kier alpha value is -0.730. The van der Waals surface area contributed by atoms with E-state index in [1.807, 2.05) is 0 Å². The molecular formula is C15H22ClFN2O3S. The molecule has 1 heterocycles. The van der Waals surface area contributed by atoms with Gasteiger partial charge in [0.1, 0.15) is 5.82 Å². The Bertz CT molecular complexity index is 619. The number of hydrogen-bond donors (Lipinski definition) is 1. The van der Waals surface area contributed by atoms with Crippen molar-refractivity contribution in [2.45, 2.75) is 17.7 Å². The fourth-order valence-electron chi connectivity index (χ4n) is 2.59. The van der Waals surface area contributed by atoms with Crippen molar-refractivity contribution in [1.29, 1.82) is 0 Å². The molecule has 0 radical (unpaired) electrons. The van der Waals surface area contributed by atoms with Gasteiger partial charge < -0.3 is 9.64 Å². The van der Waals surface area contributed by atoms with Crippen molar-refractivity contribution >= 4 is 21.6 Å². The molecule has 0 unspecified atom stereocenters. The molecule has 130 valence electrons. The lowest BCUT2D eigenvalue weighted by molar-refractivity contribution is 0.121. The van der Waals surface area contributed by atoms with E-state index in [1.54, 1.807) is 7.11 Å². The molecular weight excluding hydrogens is 343 g/mol. The van der Waals surface area contributed by atoms with Crippen molar-refractivity contribution in [3.63, 3.8) is 0 Å². The van der Waals surface area contributed by atoms with Crippen LogP contribution in [-0.4, -0.2) is 53.2 Å². The quantitative estimate of drug-likeness (QED) is 0.805. The first-order chi connectivity index (χ1) is 10.9. The van der Waals surface area contributed by atoms with E-state index in [0.717, 1.165) is 44.6 Å². The average molecular weight is 365 g/mol. The molecule has 1 aliphatic heterocycles. The van der Waals surface area contributed by atoms with Crippen LogP contribution in [0.2, 0.25) is 5.02 Å². The molecule has 0 atom stereocenters. The Morgan fingerprint density at radius 1 is 1.39 bits per heavy atom. The van der Waals surface area contributed by atoms with Crippen molar-refractivity contribution in [2.75, 3.05) is 39.9 Å². The SMILES string of the molecule is COCCN1CCC(CNS(=O)(=O)c2ccc(F)c(Cl)c2)CC1. The number of halogens is 2. The summed E-state index contributed by atoms with van der Waals surface area (Å²) in [4.78, 5) is 2.30. The van der Waals surface area contributed by atoms with Crippen molar-refractivity contribution < 1.29 is 17.5 Å². The summed E-state index contributed by atoms with van der Waals surface area (Å²) in [6, 6.07) is 3.41. The number of methoxy groups -OCH3 is 1. The summed E-state index contributed by atoms with van der Waals surface area (Å²) in [6.45, 7) is 3.89. The van der Waals surface area contributed by atoms with Gasteiger partial charge in [0.05, 0.1) is 16.5 Å². The molecule has 23 heavy (non-hydrogen) atoms. The topological polar surface area (TPSA) is 58.6 Å². The van der Waals surface area contributed by atoms with Crippen LogP contribution in [0, 0.1) is 11.7 Å². The van der Waals surface area contributed by atoms with Crippen LogP contribution in [0.25, 0.3) is 0 Å². The number of piperidine rings is 1. The molecule has 0 amide bonds. The zero-order valence-electron chi connectivity index (χ0n) is 13.1. The molecule has 0 aromatic heterocycles. The first kappa shape index (κ1) is 18.6. The van der Waals surface area contributed by atoms with Gasteiger partial charge in [0, 0.05) is 20.2 Å². The first-order valence-corrected chi connectivity index (χ1v) is 9.44. The Labute approximate surface area is 141 Å². The molecule has 1 N–H and O–H groups in total. The summed E-state index contributed by atoms with van der Waals surface area (Å²) in [5.74, 6) is -0.325. The largest absolute Gasteiger partial charge is 0.383 e. The maximum Gasteiger partial charge on any atom is 0.240 e. The number of hydrogen-bond acceptors (Lipinski definition) is 4. The maximum absolute atomic E-state index is 13.1. The second kappa shape index (κ2) is 8.39. The highest BCUT2D eigenvalue weighted by Crippen LogP contribution is 2.20. The minimum absolute atomic E-state index is 0.0126. The number of benzene rings is 1. The third-order valence-corrected chi connectivity index (χ3v) is 5.79. The Balaban J connectivity index is 1.84. The zero-order chi connectivity index (χ0) is 16.9. The Morgan fingerprint density at radius 2 is 2.09 bits per heavy atom. The molecule has 0 saturated carbocycles. The summed E-state index contributed by atoms with van der Waals surface area (Å²) in [7, 11) is -1.98. The number of rotatable bonds is 7. The molecule has 1 fully saturated rings. The third-order valence-electron chi connectivity index (χ3n) is 4.08. The van der Waals surface area contributed by atoms with Gasteiger partial charge in [-0.25, -0.2) is 17.5 Å². The highest BCUT2D eigenvalue weighted by Gasteiger charge is 2.22. The number of sulfonamides is 1. The maximum atomic E-state index is 13.1. The average Bonchev–Trinajstić information content (AvgIpc) is 2.54. The lowest BCUT2D eigenvalue weighted by atomic mass is 9.97. The van der Waals surface area contributed by atoms with Gasteiger partial charge in [-0.3, -0.25) is 0 Å². The van der Waals surface area contributed by atoms with E-state index in [0.29, 0.717) is 19.1 Å². The fraction of sp³-hybridized carbons (Fsp3) is 0.600. The fourth-order valence-corrected chi connectivity index (χ4v) is 3.98. The minimum Gasteiger partial charge on any atom is -0.383 e. The predicted octanol–water partition coefficient (Wildman–Crippen LogP) is 2.12. The number of ether oxygens (including phenoxy) is 1. The van der Waals surface area contributed by atoms with Crippen molar-refractivity contribution in [2.24, 2.45) is 5.92 Å². The van der Waals surface area contributed by atoms with Crippen LogP contribution in [-0.2, 0) is 14.8 Å². The number of likely N-dealkylation sites (tertiary alicyclic amines) is 1. The van der Waals surface area contributed by atoms with E-state index in [-0.39, 0.29) is 9.92 Å². The summed E-state index contributed by atoms with van der Waals surface area (Å²) < 4.78 is 45.2. The highest BCUT2D eigenvalue weighted by molar-refractivity contribution is 7.89. The van der Waals surface area contributed by atoms with Crippen LogP contribution in [0.1, 0.15) is 12.8 Å². The van der Waals surface area contributed by atoms with E-state index in [4.69, 9.17) is 16.3 Å². The minimum atomic E-state index is -3.66. The molecule has 0 spiro atoms. The monoisotopic (exact) mass is 364 g/mol. The number of nitrogens with one attached hydrogen (secondary N) is 1. The molecule has 5 nitrogen and oxygen atoms in total. The molecule has 1 aromatic rings. The molecule has 0 aliphatic carbocycles. The van der Waals surface area contributed by atoms with Crippen molar-refractivity contribution in [3.05, 3.63) is 29.0 Å². The summed E-state index contributed by atoms with van der Waals surface area (Å²) in [6.07, 6.45) is 1.88. The van der Waals surface area contributed by atoms with Crippen LogP contribution in [0.5, 0.6) is 0 Å². The van der Waals surface area contributed by atoms with Crippen LogP contribution < -0.4 is 4.72 Å². The second-order valence-electron chi connectivity index (χ2n) is 5.71. The molecule has 0 bridgehead atoms. The standard InChI is InChI=1S/C15H22ClFN2O3S/c1-22-9-8-19-6-4-12(5-7-19)11-18-23(20,21)13-2-3-15(17)14(16)10-13/h2-3,10,12,18H,4-9,11H2,1H3. The van der Waals surface area contributed by atoms with Crippen LogP contribution in [0.3, 0.4) is 0 Å². The molecule has 1 saturated heterocycles. The van der Waals surface area contributed by atoms with Crippen LogP contribution >= 0.6 is 11.6 Å². The third kappa shape index (κ3) is 5.39. The zero-order valence-corrected chi connectivity index (χ0v) is 14.7. The Kier molecular flexibility index (Phi) is 6.79. The lowest BCUT2D eigenvalue weighted by Gasteiger charge is -2.31. The predicted molar refractivity (Wildman–Crippen MR) is 87.6 cm³/mol. The van der Waals surface area contributed by atoms with E-state index in [2.05, 4.69) is 9.62 Å². The Morgan fingerprint density at radius 3 is 2.70 bits per heavy atom. The summed E-state index contributed by atoms with van der Waals surface area (Å²) in [5, 5.41) is -0.195. The highest BCUT2D eigenvalue weighted by atomic mass is 35.5. The number of nitrogens with zero attached hydrogens (tertiary/aromatic N) is 1. The lowest BCUT2D eigenvalue weighted by Crippen LogP contribution is -2.39. The first-order valence-electron chi connectivity index (χ1n) is 7.58. The van der Waals surface area contributed by atoms with Crippen LogP contribution in [0.15, 0.2) is 23.1 Å².